The highest BCUT2D eigenvalue weighted by Gasteiger charge is 2.30. The van der Waals surface area contributed by atoms with Gasteiger partial charge in [0.1, 0.15) is 5.82 Å². The summed E-state index contributed by atoms with van der Waals surface area (Å²) >= 11 is 0. The fraction of sp³-hybridized carbons (Fsp3) is 0.467. The van der Waals surface area contributed by atoms with Crippen molar-refractivity contribution in [3.8, 4) is 0 Å². The molecule has 1 aliphatic rings. The Bertz CT molecular complexity index is 562. The van der Waals surface area contributed by atoms with Gasteiger partial charge in [-0.25, -0.2) is 14.0 Å². The van der Waals surface area contributed by atoms with Crippen LogP contribution in [-0.2, 0) is 0 Å². The Labute approximate surface area is 122 Å². The molecule has 3 unspecified atom stereocenters. The van der Waals surface area contributed by atoms with Gasteiger partial charge in [0.15, 0.2) is 0 Å². The van der Waals surface area contributed by atoms with E-state index in [1.54, 1.807) is 0 Å². The third-order valence-electron chi connectivity index (χ3n) is 4.24. The number of aromatic carboxylic acids is 1. The number of carboxylic acids is 1. The number of amides is 2. The van der Waals surface area contributed by atoms with Crippen molar-refractivity contribution in [3.63, 3.8) is 0 Å². The van der Waals surface area contributed by atoms with Crippen molar-refractivity contribution in [1.82, 2.24) is 5.32 Å². The number of benzene rings is 1. The normalized spacial score (nSPS) is 24.6. The van der Waals surface area contributed by atoms with Gasteiger partial charge in [0, 0.05) is 6.04 Å². The summed E-state index contributed by atoms with van der Waals surface area (Å²) in [5, 5.41) is 14.1. The SMILES string of the molecule is CC1CCC(NC(=O)Nc2cc(C(=O)O)ccc2F)C1C. The van der Waals surface area contributed by atoms with Crippen LogP contribution >= 0.6 is 0 Å². The number of nitrogens with one attached hydrogen (secondary N) is 2. The van der Waals surface area contributed by atoms with Crippen molar-refractivity contribution >= 4 is 17.7 Å². The Kier molecular flexibility index (Phi) is 4.45. The summed E-state index contributed by atoms with van der Waals surface area (Å²) in [7, 11) is 0. The summed E-state index contributed by atoms with van der Waals surface area (Å²) in [4.78, 5) is 22.8. The minimum Gasteiger partial charge on any atom is -0.478 e. The lowest BCUT2D eigenvalue weighted by molar-refractivity contribution is 0.0697. The van der Waals surface area contributed by atoms with Crippen molar-refractivity contribution in [1.29, 1.82) is 0 Å². The molecular weight excluding hydrogens is 275 g/mol. The van der Waals surface area contributed by atoms with E-state index in [-0.39, 0.29) is 17.3 Å². The van der Waals surface area contributed by atoms with Gasteiger partial charge in [-0.15, -0.1) is 0 Å². The second-order valence-electron chi connectivity index (χ2n) is 5.62. The molecule has 1 fully saturated rings. The van der Waals surface area contributed by atoms with Crippen LogP contribution in [0.4, 0.5) is 14.9 Å². The van der Waals surface area contributed by atoms with Gasteiger partial charge in [0.2, 0.25) is 0 Å². The lowest BCUT2D eigenvalue weighted by atomic mass is 9.98. The molecule has 5 nitrogen and oxygen atoms in total. The van der Waals surface area contributed by atoms with Crippen molar-refractivity contribution in [2.75, 3.05) is 5.32 Å². The summed E-state index contributed by atoms with van der Waals surface area (Å²) in [5.41, 5.74) is -0.208. The zero-order valence-electron chi connectivity index (χ0n) is 12.0. The van der Waals surface area contributed by atoms with Gasteiger partial charge in [-0.05, 0) is 42.9 Å². The maximum atomic E-state index is 13.6. The van der Waals surface area contributed by atoms with Crippen LogP contribution in [0.2, 0.25) is 0 Å². The number of anilines is 1. The number of rotatable bonds is 3. The highest BCUT2D eigenvalue weighted by molar-refractivity contribution is 5.93. The quantitative estimate of drug-likeness (QED) is 0.801. The smallest absolute Gasteiger partial charge is 0.335 e. The van der Waals surface area contributed by atoms with Crippen LogP contribution in [0.15, 0.2) is 18.2 Å². The van der Waals surface area contributed by atoms with E-state index in [1.807, 2.05) is 0 Å². The van der Waals surface area contributed by atoms with Crippen molar-refractivity contribution in [2.24, 2.45) is 11.8 Å². The van der Waals surface area contributed by atoms with Gasteiger partial charge in [-0.3, -0.25) is 0 Å². The highest BCUT2D eigenvalue weighted by atomic mass is 19.1. The summed E-state index contributed by atoms with van der Waals surface area (Å²) in [6.07, 6.45) is 1.95. The molecule has 0 aliphatic heterocycles. The Morgan fingerprint density at radius 3 is 2.57 bits per heavy atom. The molecule has 2 rings (SSSR count). The second-order valence-corrected chi connectivity index (χ2v) is 5.62. The standard InChI is InChI=1S/C15H19FN2O3/c1-8-3-6-12(9(8)2)17-15(21)18-13-7-10(14(19)20)4-5-11(13)16/h4-5,7-9,12H,3,6H2,1-2H3,(H,19,20)(H2,17,18,21). The summed E-state index contributed by atoms with van der Waals surface area (Å²) < 4.78 is 13.6. The number of carboxylic acid groups (broad SMARTS) is 1. The monoisotopic (exact) mass is 294 g/mol. The summed E-state index contributed by atoms with van der Waals surface area (Å²) in [6, 6.07) is 2.84. The van der Waals surface area contributed by atoms with Crippen LogP contribution in [-0.4, -0.2) is 23.1 Å². The fourth-order valence-electron chi connectivity index (χ4n) is 2.65. The Balaban J connectivity index is 2.03. The molecule has 3 N–H and O–H groups in total. The first-order valence-electron chi connectivity index (χ1n) is 6.99. The largest absolute Gasteiger partial charge is 0.478 e. The average molecular weight is 294 g/mol. The predicted octanol–water partition coefficient (Wildman–Crippen LogP) is 3.08. The summed E-state index contributed by atoms with van der Waals surface area (Å²) in [6.45, 7) is 4.22. The van der Waals surface area contributed by atoms with Gasteiger partial charge in [0.05, 0.1) is 11.3 Å². The average Bonchev–Trinajstić information content (AvgIpc) is 2.73. The molecule has 0 saturated heterocycles. The van der Waals surface area contributed by atoms with Crippen LogP contribution < -0.4 is 10.6 Å². The van der Waals surface area contributed by atoms with Gasteiger partial charge in [-0.2, -0.15) is 0 Å². The van der Waals surface area contributed by atoms with Gasteiger partial charge >= 0.3 is 12.0 Å². The van der Waals surface area contributed by atoms with Crippen LogP contribution in [0.1, 0.15) is 37.0 Å². The predicted molar refractivity (Wildman–Crippen MR) is 76.9 cm³/mol. The maximum absolute atomic E-state index is 13.6. The van der Waals surface area contributed by atoms with Gasteiger partial charge in [0.25, 0.3) is 0 Å². The fourth-order valence-corrected chi connectivity index (χ4v) is 2.65. The van der Waals surface area contributed by atoms with Crippen molar-refractivity contribution < 1.29 is 19.1 Å². The molecule has 3 atom stereocenters. The minimum atomic E-state index is -1.17. The first-order chi connectivity index (χ1) is 9.88. The molecule has 1 aliphatic carbocycles. The van der Waals surface area contributed by atoms with Crippen LogP contribution in [0, 0.1) is 17.7 Å². The van der Waals surface area contributed by atoms with E-state index in [2.05, 4.69) is 24.5 Å². The molecule has 2 amide bonds. The second kappa shape index (κ2) is 6.11. The molecule has 6 heteroatoms. The van der Waals surface area contributed by atoms with Crippen molar-refractivity contribution in [2.45, 2.75) is 32.7 Å². The minimum absolute atomic E-state index is 0.0608. The molecule has 0 spiro atoms. The van der Waals surface area contributed by atoms with E-state index in [1.165, 1.54) is 0 Å². The van der Waals surface area contributed by atoms with E-state index < -0.39 is 17.8 Å². The first-order valence-corrected chi connectivity index (χ1v) is 6.99. The van der Waals surface area contributed by atoms with E-state index in [4.69, 9.17) is 5.11 Å². The van der Waals surface area contributed by atoms with Crippen LogP contribution in [0.3, 0.4) is 0 Å². The molecule has 0 heterocycles. The highest BCUT2D eigenvalue weighted by Crippen LogP contribution is 2.31. The lowest BCUT2D eigenvalue weighted by Crippen LogP contribution is -2.40. The number of hydrogen-bond donors (Lipinski definition) is 3. The van der Waals surface area contributed by atoms with E-state index in [0.717, 1.165) is 31.0 Å². The Morgan fingerprint density at radius 1 is 1.29 bits per heavy atom. The lowest BCUT2D eigenvalue weighted by Gasteiger charge is -2.20. The number of carbonyl (C=O) groups is 2. The molecule has 1 saturated carbocycles. The molecular formula is C15H19FN2O3. The van der Waals surface area contributed by atoms with Crippen molar-refractivity contribution in [3.05, 3.63) is 29.6 Å². The molecule has 0 bridgehead atoms. The first kappa shape index (κ1) is 15.3. The zero-order chi connectivity index (χ0) is 15.6. The van der Waals surface area contributed by atoms with Crippen LogP contribution in [0.25, 0.3) is 0 Å². The zero-order valence-corrected chi connectivity index (χ0v) is 12.0. The number of carbonyl (C=O) groups excluding carboxylic acids is 1. The molecule has 21 heavy (non-hydrogen) atoms. The third-order valence-corrected chi connectivity index (χ3v) is 4.24. The number of halogens is 1. The van der Waals surface area contributed by atoms with Crippen LogP contribution in [0.5, 0.6) is 0 Å². The van der Waals surface area contributed by atoms with E-state index in [9.17, 15) is 14.0 Å². The topological polar surface area (TPSA) is 78.4 Å². The number of urea groups is 1. The molecule has 1 aromatic carbocycles. The maximum Gasteiger partial charge on any atom is 0.335 e. The summed E-state index contributed by atoms with van der Waals surface area (Å²) in [5.74, 6) is -0.923. The van der Waals surface area contributed by atoms with E-state index in [0.29, 0.717) is 11.8 Å². The Morgan fingerprint density at radius 2 is 2.00 bits per heavy atom. The number of hydrogen-bond acceptors (Lipinski definition) is 2. The molecule has 1 aromatic rings. The van der Waals surface area contributed by atoms with Gasteiger partial charge in [-0.1, -0.05) is 13.8 Å². The molecule has 0 aromatic heterocycles. The third kappa shape index (κ3) is 3.51. The Hall–Kier alpha value is -2.11. The molecule has 0 radical (unpaired) electrons. The van der Waals surface area contributed by atoms with E-state index >= 15 is 0 Å². The van der Waals surface area contributed by atoms with Gasteiger partial charge < -0.3 is 15.7 Å². The molecule has 114 valence electrons.